The number of benzene rings is 1. The summed E-state index contributed by atoms with van der Waals surface area (Å²) >= 11 is 0. The van der Waals surface area contributed by atoms with Crippen LogP contribution in [0.25, 0.3) is 11.1 Å². The Morgan fingerprint density at radius 2 is 2.06 bits per heavy atom. The molecule has 0 spiro atoms. The fourth-order valence-electron chi connectivity index (χ4n) is 1.65. The summed E-state index contributed by atoms with van der Waals surface area (Å²) in [6, 6.07) is 7.44. The summed E-state index contributed by atoms with van der Waals surface area (Å²) in [4.78, 5) is 24.4. The highest BCUT2D eigenvalue weighted by Gasteiger charge is 2.14. The number of aromatic amines is 1. The maximum absolute atomic E-state index is 11.7. The van der Waals surface area contributed by atoms with Crippen molar-refractivity contribution in [1.29, 1.82) is 0 Å². The first-order valence-corrected chi connectivity index (χ1v) is 5.14. The molecule has 0 saturated carbocycles. The minimum absolute atomic E-state index is 0.0806. The van der Waals surface area contributed by atoms with Crippen LogP contribution in [0.15, 0.2) is 41.3 Å². The molecule has 0 aliphatic rings. The van der Waals surface area contributed by atoms with Gasteiger partial charge in [0.15, 0.2) is 0 Å². The fraction of sp³-hybridized carbons (Fsp3) is 0.0833. The summed E-state index contributed by atoms with van der Waals surface area (Å²) in [5, 5.41) is 10.7. The number of H-pyrrole nitrogens is 1. The molecule has 0 radical (unpaired) electrons. The normalized spacial score (nSPS) is 10.1. The molecule has 0 bridgehead atoms. The molecule has 6 heteroatoms. The van der Waals surface area contributed by atoms with Gasteiger partial charge in [0.2, 0.25) is 0 Å². The molecule has 2 rings (SSSR count). The Labute approximate surface area is 102 Å². The van der Waals surface area contributed by atoms with Crippen molar-refractivity contribution in [3.63, 3.8) is 0 Å². The van der Waals surface area contributed by atoms with Gasteiger partial charge in [-0.05, 0) is 18.2 Å². The van der Waals surface area contributed by atoms with E-state index >= 15 is 0 Å². The smallest absolute Gasteiger partial charge is 0.273 e. The molecule has 0 aliphatic heterocycles. The van der Waals surface area contributed by atoms with E-state index in [0.717, 1.165) is 0 Å². The van der Waals surface area contributed by atoms with Crippen LogP contribution in [-0.2, 0) is 0 Å². The zero-order chi connectivity index (χ0) is 13.1. The average molecular weight is 246 g/mol. The number of hydrogen-bond acceptors (Lipinski definition) is 4. The first-order chi connectivity index (χ1) is 8.63. The van der Waals surface area contributed by atoms with Crippen molar-refractivity contribution in [1.82, 2.24) is 4.98 Å². The van der Waals surface area contributed by atoms with Crippen LogP contribution >= 0.6 is 0 Å². The van der Waals surface area contributed by atoms with Crippen molar-refractivity contribution in [3.05, 3.63) is 57.0 Å². The Morgan fingerprint density at radius 3 is 2.67 bits per heavy atom. The predicted octanol–water partition coefficient (Wildman–Crippen LogP) is 1.96. The topological polar surface area (TPSA) is 85.2 Å². The summed E-state index contributed by atoms with van der Waals surface area (Å²) in [5.74, 6) is 0.292. The summed E-state index contributed by atoms with van der Waals surface area (Å²) in [6.45, 7) is 0. The van der Waals surface area contributed by atoms with Gasteiger partial charge < -0.3 is 9.72 Å². The highest BCUT2D eigenvalue weighted by Crippen LogP contribution is 2.31. The van der Waals surface area contributed by atoms with Gasteiger partial charge in [-0.15, -0.1) is 0 Å². The number of methoxy groups -OCH3 is 1. The molecular weight excluding hydrogens is 236 g/mol. The fourth-order valence-corrected chi connectivity index (χ4v) is 1.65. The van der Waals surface area contributed by atoms with Crippen molar-refractivity contribution in [3.8, 4) is 16.9 Å². The lowest BCUT2D eigenvalue weighted by Gasteiger charge is -2.07. The number of ether oxygens (including phenoxy) is 1. The number of pyridine rings is 1. The average Bonchev–Trinajstić information content (AvgIpc) is 2.38. The predicted molar refractivity (Wildman–Crippen MR) is 65.7 cm³/mol. The third-order valence-corrected chi connectivity index (χ3v) is 2.50. The van der Waals surface area contributed by atoms with Crippen LogP contribution in [0, 0.1) is 10.1 Å². The van der Waals surface area contributed by atoms with Crippen molar-refractivity contribution < 1.29 is 9.66 Å². The van der Waals surface area contributed by atoms with Crippen LogP contribution in [0.3, 0.4) is 0 Å². The maximum atomic E-state index is 11.7. The van der Waals surface area contributed by atoms with Crippen LogP contribution in [0.2, 0.25) is 0 Å². The van der Waals surface area contributed by atoms with Crippen LogP contribution in [-0.4, -0.2) is 17.0 Å². The van der Waals surface area contributed by atoms with E-state index in [4.69, 9.17) is 4.74 Å². The largest absolute Gasteiger partial charge is 0.496 e. The summed E-state index contributed by atoms with van der Waals surface area (Å²) in [6.07, 6.45) is 1.52. The number of rotatable bonds is 3. The first kappa shape index (κ1) is 11.8. The number of aromatic nitrogens is 1. The number of nitrogens with one attached hydrogen (secondary N) is 1. The zero-order valence-corrected chi connectivity index (χ0v) is 9.54. The number of nitro benzene ring substituents is 1. The van der Waals surface area contributed by atoms with E-state index < -0.39 is 4.92 Å². The molecule has 0 atom stereocenters. The standard InChI is InChI=1S/C12H10N2O4/c1-18-11-7-8(14(16)17)4-5-9(11)10-3-2-6-13-12(10)15/h2-7H,1H3,(H,13,15). The molecule has 0 aliphatic carbocycles. The zero-order valence-electron chi connectivity index (χ0n) is 9.54. The van der Waals surface area contributed by atoms with Gasteiger partial charge in [-0.1, -0.05) is 0 Å². The number of hydrogen-bond donors (Lipinski definition) is 1. The molecule has 1 aromatic carbocycles. The van der Waals surface area contributed by atoms with Gasteiger partial charge in [-0.25, -0.2) is 0 Å². The Balaban J connectivity index is 2.62. The Kier molecular flexibility index (Phi) is 3.09. The lowest BCUT2D eigenvalue weighted by atomic mass is 10.1. The Morgan fingerprint density at radius 1 is 1.28 bits per heavy atom. The van der Waals surface area contributed by atoms with Gasteiger partial charge in [0.05, 0.1) is 23.7 Å². The highest BCUT2D eigenvalue weighted by atomic mass is 16.6. The van der Waals surface area contributed by atoms with Gasteiger partial charge in [0.1, 0.15) is 5.75 Å². The van der Waals surface area contributed by atoms with Crippen LogP contribution < -0.4 is 10.3 Å². The Hall–Kier alpha value is -2.63. The van der Waals surface area contributed by atoms with Gasteiger partial charge in [-0.2, -0.15) is 0 Å². The summed E-state index contributed by atoms with van der Waals surface area (Å²) in [5.41, 5.74) is 0.571. The molecule has 18 heavy (non-hydrogen) atoms. The summed E-state index contributed by atoms with van der Waals surface area (Å²) < 4.78 is 5.09. The van der Waals surface area contributed by atoms with Crippen molar-refractivity contribution >= 4 is 5.69 Å². The minimum atomic E-state index is -0.512. The summed E-state index contributed by atoms with van der Waals surface area (Å²) in [7, 11) is 1.40. The molecular formula is C12H10N2O4. The van der Waals surface area contributed by atoms with Crippen molar-refractivity contribution in [2.45, 2.75) is 0 Å². The third kappa shape index (κ3) is 2.08. The third-order valence-electron chi connectivity index (χ3n) is 2.50. The maximum Gasteiger partial charge on any atom is 0.273 e. The van der Waals surface area contributed by atoms with E-state index in [2.05, 4.69) is 4.98 Å². The van der Waals surface area contributed by atoms with Gasteiger partial charge in [0, 0.05) is 17.8 Å². The molecule has 0 unspecified atom stereocenters. The van der Waals surface area contributed by atoms with Crippen molar-refractivity contribution in [2.75, 3.05) is 7.11 Å². The molecule has 1 heterocycles. The van der Waals surface area contributed by atoms with E-state index in [9.17, 15) is 14.9 Å². The molecule has 1 aromatic heterocycles. The van der Waals surface area contributed by atoms with Gasteiger partial charge >= 0.3 is 0 Å². The van der Waals surface area contributed by atoms with E-state index in [1.807, 2.05) is 0 Å². The molecule has 0 amide bonds. The SMILES string of the molecule is COc1cc([N+](=O)[O-])ccc1-c1ccc[nH]c1=O. The monoisotopic (exact) mass is 246 g/mol. The van der Waals surface area contributed by atoms with Crippen LogP contribution in [0.5, 0.6) is 5.75 Å². The molecule has 1 N–H and O–H groups in total. The van der Waals surface area contributed by atoms with E-state index in [1.165, 1.54) is 31.5 Å². The first-order valence-electron chi connectivity index (χ1n) is 5.14. The van der Waals surface area contributed by atoms with Gasteiger partial charge in [0.25, 0.3) is 11.2 Å². The number of nitrogens with zero attached hydrogens (tertiary/aromatic N) is 1. The second-order valence-electron chi connectivity index (χ2n) is 3.55. The van der Waals surface area contributed by atoms with Crippen LogP contribution in [0.1, 0.15) is 0 Å². The molecule has 0 fully saturated rings. The van der Waals surface area contributed by atoms with Crippen LogP contribution in [0.4, 0.5) is 5.69 Å². The Bertz CT molecular complexity index is 649. The molecule has 2 aromatic rings. The highest BCUT2D eigenvalue weighted by molar-refractivity contribution is 5.71. The van der Waals surface area contributed by atoms with Crippen molar-refractivity contribution in [2.24, 2.45) is 0 Å². The number of nitro groups is 1. The molecule has 6 nitrogen and oxygen atoms in total. The minimum Gasteiger partial charge on any atom is -0.496 e. The second-order valence-corrected chi connectivity index (χ2v) is 3.55. The van der Waals surface area contributed by atoms with Gasteiger partial charge in [-0.3, -0.25) is 14.9 Å². The lowest BCUT2D eigenvalue weighted by Crippen LogP contribution is -2.07. The van der Waals surface area contributed by atoms with E-state index in [0.29, 0.717) is 16.9 Å². The second kappa shape index (κ2) is 4.70. The number of non-ortho nitro benzene ring substituents is 1. The van der Waals surface area contributed by atoms with E-state index in [1.54, 1.807) is 12.1 Å². The molecule has 92 valence electrons. The van der Waals surface area contributed by atoms with E-state index in [-0.39, 0.29) is 11.2 Å². The molecule has 0 saturated heterocycles. The lowest BCUT2D eigenvalue weighted by molar-refractivity contribution is -0.384. The quantitative estimate of drug-likeness (QED) is 0.662.